The van der Waals surface area contributed by atoms with Crippen LogP contribution in [0.25, 0.3) is 0 Å². The van der Waals surface area contributed by atoms with Crippen molar-refractivity contribution in [2.75, 3.05) is 26.2 Å². The van der Waals surface area contributed by atoms with E-state index < -0.39 is 34.9 Å². The first-order valence-corrected chi connectivity index (χ1v) is 11.8. The molecular weight excluding hydrogens is 532 g/mol. The fourth-order valence-corrected chi connectivity index (χ4v) is 4.02. The van der Waals surface area contributed by atoms with E-state index in [4.69, 9.17) is 9.15 Å². The number of ether oxygens (including phenoxy) is 1. The average molecular weight is 555 g/mol. The van der Waals surface area contributed by atoms with Gasteiger partial charge in [0.1, 0.15) is 24.3 Å². The molecule has 1 aliphatic rings. The number of halogens is 6. The molecule has 2 aromatic heterocycles. The van der Waals surface area contributed by atoms with Crippen molar-refractivity contribution < 1.29 is 40.3 Å². The largest absolute Gasteiger partial charge is 0.482 e. The molecule has 208 valence electrons. The second-order valence-corrected chi connectivity index (χ2v) is 8.95. The van der Waals surface area contributed by atoms with Crippen LogP contribution in [0.4, 0.5) is 26.3 Å². The molecule has 3 aromatic rings. The lowest BCUT2D eigenvalue weighted by Crippen LogP contribution is -2.48. The van der Waals surface area contributed by atoms with Crippen LogP contribution in [0, 0.1) is 6.92 Å². The number of carbonyl (C=O) groups excluding carboxylic acids is 1. The summed E-state index contributed by atoms with van der Waals surface area (Å²) >= 11 is 0. The summed E-state index contributed by atoms with van der Waals surface area (Å²) in [5.74, 6) is -0.145. The molecule has 0 bridgehead atoms. The fraction of sp³-hybridized carbons (Fsp3) is 0.346. The minimum absolute atomic E-state index is 0.000314. The highest BCUT2D eigenvalue weighted by Crippen LogP contribution is 2.30. The zero-order valence-electron chi connectivity index (χ0n) is 20.6. The van der Waals surface area contributed by atoms with Crippen molar-refractivity contribution in [2.45, 2.75) is 32.4 Å². The predicted molar refractivity (Wildman–Crippen MR) is 126 cm³/mol. The number of hydrogen-bond acceptors (Lipinski definition) is 6. The van der Waals surface area contributed by atoms with Crippen LogP contribution in [0.1, 0.15) is 38.6 Å². The van der Waals surface area contributed by atoms with Crippen molar-refractivity contribution in [3.05, 3.63) is 92.8 Å². The number of piperazine rings is 1. The van der Waals surface area contributed by atoms with Crippen LogP contribution in [-0.4, -0.2) is 46.9 Å². The molecule has 7 nitrogen and oxygen atoms in total. The van der Waals surface area contributed by atoms with E-state index in [1.165, 1.54) is 30.0 Å². The van der Waals surface area contributed by atoms with Gasteiger partial charge in [-0.1, -0.05) is 12.1 Å². The van der Waals surface area contributed by atoms with Crippen molar-refractivity contribution >= 4 is 5.91 Å². The van der Waals surface area contributed by atoms with E-state index in [1.807, 2.05) is 4.90 Å². The van der Waals surface area contributed by atoms with Crippen LogP contribution >= 0.6 is 0 Å². The predicted octanol–water partition coefficient (Wildman–Crippen LogP) is 4.92. The van der Waals surface area contributed by atoms with Gasteiger partial charge in [-0.25, -0.2) is 4.98 Å². The van der Waals surface area contributed by atoms with Gasteiger partial charge in [0, 0.05) is 32.2 Å². The van der Waals surface area contributed by atoms with Crippen LogP contribution in [0.15, 0.2) is 57.9 Å². The molecule has 0 radical (unpaired) electrons. The number of aromatic nitrogens is 1. The van der Waals surface area contributed by atoms with E-state index in [2.05, 4.69) is 4.98 Å². The van der Waals surface area contributed by atoms with Crippen molar-refractivity contribution in [1.82, 2.24) is 14.8 Å². The number of pyridine rings is 1. The number of nitrogens with zero attached hydrogens (tertiary/aromatic N) is 3. The number of rotatable bonds is 6. The Kier molecular flexibility index (Phi) is 8.00. The van der Waals surface area contributed by atoms with E-state index in [9.17, 15) is 35.9 Å². The lowest BCUT2D eigenvalue weighted by molar-refractivity contribution is -0.141. The van der Waals surface area contributed by atoms with Crippen molar-refractivity contribution in [2.24, 2.45) is 0 Å². The lowest BCUT2D eigenvalue weighted by atomic mass is 10.1. The molecule has 0 aliphatic carbocycles. The second-order valence-electron chi connectivity index (χ2n) is 8.95. The number of hydrogen-bond donors (Lipinski definition) is 0. The minimum atomic E-state index is -4.59. The molecule has 0 N–H and O–H groups in total. The van der Waals surface area contributed by atoms with E-state index in [-0.39, 0.29) is 30.2 Å². The average Bonchev–Trinajstić information content (AvgIpc) is 2.87. The summed E-state index contributed by atoms with van der Waals surface area (Å²) in [7, 11) is 0. The molecule has 0 unspecified atom stereocenters. The number of aryl methyl sites for hydroxylation is 1. The summed E-state index contributed by atoms with van der Waals surface area (Å²) in [6.07, 6.45) is -7.90. The van der Waals surface area contributed by atoms with Crippen LogP contribution in [0.3, 0.4) is 0 Å². The van der Waals surface area contributed by atoms with E-state index in [0.29, 0.717) is 37.5 Å². The molecule has 1 aromatic carbocycles. The molecule has 4 rings (SSSR count). The van der Waals surface area contributed by atoms with Crippen LogP contribution < -0.4 is 10.2 Å². The quantitative estimate of drug-likeness (QED) is 0.402. The van der Waals surface area contributed by atoms with Crippen LogP contribution in [0.2, 0.25) is 0 Å². The molecular formula is C26H23F6N3O4. The normalized spacial score (nSPS) is 14.9. The molecule has 1 fully saturated rings. The molecule has 3 heterocycles. The third-order valence-electron chi connectivity index (χ3n) is 6.17. The first-order chi connectivity index (χ1) is 18.3. The number of amides is 1. The summed E-state index contributed by atoms with van der Waals surface area (Å²) in [6, 6.07) is 7.57. The number of benzene rings is 1. The highest BCUT2D eigenvalue weighted by Gasteiger charge is 2.34. The van der Waals surface area contributed by atoms with Crippen molar-refractivity contribution in [3.8, 4) is 5.75 Å². The van der Waals surface area contributed by atoms with Gasteiger partial charge in [0.25, 0.3) is 5.91 Å². The molecule has 39 heavy (non-hydrogen) atoms. The van der Waals surface area contributed by atoms with E-state index in [0.717, 1.165) is 30.5 Å². The van der Waals surface area contributed by atoms with Gasteiger partial charge in [-0.15, -0.1) is 0 Å². The summed E-state index contributed by atoms with van der Waals surface area (Å²) in [5, 5.41) is 0. The fourth-order valence-electron chi connectivity index (χ4n) is 4.02. The van der Waals surface area contributed by atoms with Crippen molar-refractivity contribution in [3.63, 3.8) is 0 Å². The smallest absolute Gasteiger partial charge is 0.433 e. The summed E-state index contributed by atoms with van der Waals surface area (Å²) in [6.45, 7) is 3.03. The Bertz CT molecular complexity index is 1380. The topological polar surface area (TPSA) is 75.9 Å². The summed E-state index contributed by atoms with van der Waals surface area (Å²) in [4.78, 5) is 32.2. The SMILES string of the molecule is Cc1nc(C(F)(F)F)ccc1C(=O)N1CCN(Cc2cc(=O)c(OCc3ccc(C(F)(F)F)cc3)co2)CC1. The van der Waals surface area contributed by atoms with E-state index in [1.54, 1.807) is 0 Å². The minimum Gasteiger partial charge on any atom is -0.482 e. The molecule has 1 amide bonds. The first-order valence-electron chi connectivity index (χ1n) is 11.8. The van der Waals surface area contributed by atoms with E-state index >= 15 is 0 Å². The third-order valence-corrected chi connectivity index (χ3v) is 6.17. The van der Waals surface area contributed by atoms with Gasteiger partial charge in [0.15, 0.2) is 0 Å². The Hall–Kier alpha value is -3.87. The molecule has 0 spiro atoms. The highest BCUT2D eigenvalue weighted by molar-refractivity contribution is 5.95. The van der Waals surface area contributed by atoms with Gasteiger partial charge in [-0.05, 0) is 36.8 Å². The number of alkyl halides is 6. The Morgan fingerprint density at radius 3 is 2.21 bits per heavy atom. The van der Waals surface area contributed by atoms with Crippen molar-refractivity contribution in [1.29, 1.82) is 0 Å². The molecule has 13 heteroatoms. The Balaban J connectivity index is 1.29. The Morgan fingerprint density at radius 1 is 0.974 bits per heavy atom. The van der Waals surface area contributed by atoms with Gasteiger partial charge in [0.2, 0.25) is 11.2 Å². The maximum Gasteiger partial charge on any atom is 0.433 e. The van der Waals surface area contributed by atoms with Gasteiger partial charge in [0.05, 0.1) is 23.4 Å². The Morgan fingerprint density at radius 2 is 1.64 bits per heavy atom. The maximum absolute atomic E-state index is 12.8. The second kappa shape index (κ2) is 11.1. The third kappa shape index (κ3) is 6.96. The zero-order chi connectivity index (χ0) is 28.4. The van der Waals surface area contributed by atoms with Gasteiger partial charge < -0.3 is 14.1 Å². The number of carbonyl (C=O) groups is 1. The maximum atomic E-state index is 12.8. The van der Waals surface area contributed by atoms with Gasteiger partial charge in [-0.3, -0.25) is 14.5 Å². The standard InChI is InChI=1S/C26H23F6N3O4/c1-16-20(6-7-23(33-16)26(30,31)32)24(37)35-10-8-34(9-11-35)13-19-12-21(36)22(15-38-19)39-14-17-2-4-18(5-3-17)25(27,28)29/h2-7,12,15H,8-11,13-14H2,1H3. The van der Waals surface area contributed by atoms with Gasteiger partial charge in [-0.2, -0.15) is 26.3 Å². The molecule has 0 atom stereocenters. The monoisotopic (exact) mass is 555 g/mol. The first kappa shape index (κ1) is 28.1. The lowest BCUT2D eigenvalue weighted by Gasteiger charge is -2.34. The zero-order valence-corrected chi connectivity index (χ0v) is 20.6. The van der Waals surface area contributed by atoms with Gasteiger partial charge >= 0.3 is 12.4 Å². The molecule has 1 saturated heterocycles. The van der Waals surface area contributed by atoms with Crippen LogP contribution in [0.5, 0.6) is 5.75 Å². The summed E-state index contributed by atoms with van der Waals surface area (Å²) in [5.41, 5.74) is -1.75. The molecule has 0 saturated carbocycles. The highest BCUT2D eigenvalue weighted by atomic mass is 19.4. The Labute approximate surface area is 218 Å². The summed E-state index contributed by atoms with van der Waals surface area (Å²) < 4.78 is 87.5. The molecule has 1 aliphatic heterocycles. The van der Waals surface area contributed by atoms with Crippen LogP contribution in [-0.2, 0) is 25.5 Å².